The molecule has 0 bridgehead atoms. The summed E-state index contributed by atoms with van der Waals surface area (Å²) in [6.45, 7) is 2.15. The average molecular weight is 340 g/mol. The zero-order valence-corrected chi connectivity index (χ0v) is 12.8. The Bertz CT molecular complexity index is 649. The van der Waals surface area contributed by atoms with Gasteiger partial charge in [-0.05, 0) is 36.2 Å². The molecule has 19 heavy (non-hydrogen) atoms. The van der Waals surface area contributed by atoms with Crippen molar-refractivity contribution in [2.75, 3.05) is 0 Å². The van der Waals surface area contributed by atoms with Gasteiger partial charge in [0.15, 0.2) is 0 Å². The molecule has 100 valence electrons. The maximum atomic E-state index is 12.2. The molecular formula is C14H14BrNO2S. The van der Waals surface area contributed by atoms with Gasteiger partial charge in [-0.2, -0.15) is 0 Å². The number of hydrogen-bond acceptors (Lipinski definition) is 2. The lowest BCUT2D eigenvalue weighted by Gasteiger charge is -2.08. The molecular weight excluding hydrogens is 326 g/mol. The number of nitrogens with one attached hydrogen (secondary N) is 1. The summed E-state index contributed by atoms with van der Waals surface area (Å²) in [5.41, 5.74) is 1.83. The van der Waals surface area contributed by atoms with E-state index >= 15 is 0 Å². The molecule has 0 aliphatic carbocycles. The normalized spacial score (nSPS) is 11.5. The van der Waals surface area contributed by atoms with Gasteiger partial charge in [0.1, 0.15) is 0 Å². The van der Waals surface area contributed by atoms with Crippen LogP contribution < -0.4 is 4.72 Å². The first-order valence-electron chi connectivity index (χ1n) is 5.78. The summed E-state index contributed by atoms with van der Waals surface area (Å²) in [6, 6.07) is 14.5. The van der Waals surface area contributed by atoms with Crippen molar-refractivity contribution in [1.29, 1.82) is 0 Å². The van der Waals surface area contributed by atoms with E-state index in [4.69, 9.17) is 0 Å². The van der Waals surface area contributed by atoms with Gasteiger partial charge in [0.25, 0.3) is 0 Å². The zero-order valence-electron chi connectivity index (χ0n) is 10.4. The van der Waals surface area contributed by atoms with Crippen LogP contribution in [0.25, 0.3) is 0 Å². The number of halogens is 1. The molecule has 2 rings (SSSR count). The summed E-state index contributed by atoms with van der Waals surface area (Å²) < 4.78 is 27.7. The Balaban J connectivity index is 2.19. The van der Waals surface area contributed by atoms with Gasteiger partial charge in [-0.1, -0.05) is 46.3 Å². The van der Waals surface area contributed by atoms with Gasteiger partial charge in [0.05, 0.1) is 4.90 Å². The van der Waals surface area contributed by atoms with E-state index in [2.05, 4.69) is 20.7 Å². The second-order valence-electron chi connectivity index (χ2n) is 4.27. The van der Waals surface area contributed by atoms with Crippen LogP contribution in [0.4, 0.5) is 0 Å². The van der Waals surface area contributed by atoms with E-state index < -0.39 is 10.0 Å². The van der Waals surface area contributed by atoms with Crippen molar-refractivity contribution < 1.29 is 8.42 Å². The van der Waals surface area contributed by atoms with E-state index in [1.807, 2.05) is 43.3 Å². The fourth-order valence-corrected chi connectivity index (χ4v) is 3.62. The molecule has 0 saturated heterocycles. The molecule has 0 saturated carbocycles. The van der Waals surface area contributed by atoms with Crippen LogP contribution in [0.5, 0.6) is 0 Å². The van der Waals surface area contributed by atoms with Gasteiger partial charge < -0.3 is 0 Å². The van der Waals surface area contributed by atoms with Crippen molar-refractivity contribution in [1.82, 2.24) is 4.72 Å². The van der Waals surface area contributed by atoms with Crippen molar-refractivity contribution in [3.05, 3.63) is 64.1 Å². The van der Waals surface area contributed by atoms with Crippen LogP contribution in [0, 0.1) is 6.92 Å². The van der Waals surface area contributed by atoms with Crippen LogP contribution in [0.3, 0.4) is 0 Å². The van der Waals surface area contributed by atoms with E-state index in [0.29, 0.717) is 0 Å². The van der Waals surface area contributed by atoms with E-state index in [9.17, 15) is 8.42 Å². The first-order valence-corrected chi connectivity index (χ1v) is 8.06. The molecule has 0 aliphatic heterocycles. The quantitative estimate of drug-likeness (QED) is 0.929. The lowest BCUT2D eigenvalue weighted by molar-refractivity contribution is 0.581. The Kier molecular flexibility index (Phi) is 4.39. The molecule has 0 heterocycles. The molecule has 0 fully saturated rings. The van der Waals surface area contributed by atoms with Crippen LogP contribution in [0.15, 0.2) is 57.9 Å². The molecule has 1 N–H and O–H groups in total. The largest absolute Gasteiger partial charge is 0.240 e. The van der Waals surface area contributed by atoms with Gasteiger partial charge >= 0.3 is 0 Å². The molecule has 0 aliphatic rings. The summed E-state index contributed by atoms with van der Waals surface area (Å²) >= 11 is 3.31. The minimum atomic E-state index is -3.48. The number of rotatable bonds is 4. The second kappa shape index (κ2) is 5.86. The lowest BCUT2D eigenvalue weighted by atomic mass is 10.2. The molecule has 0 spiro atoms. The Morgan fingerprint density at radius 3 is 2.42 bits per heavy atom. The second-order valence-corrected chi connectivity index (χ2v) is 6.96. The number of aryl methyl sites for hydroxylation is 1. The highest BCUT2D eigenvalue weighted by Gasteiger charge is 2.14. The Morgan fingerprint density at radius 1 is 1.11 bits per heavy atom. The molecule has 3 nitrogen and oxygen atoms in total. The maximum absolute atomic E-state index is 12.2. The van der Waals surface area contributed by atoms with E-state index in [-0.39, 0.29) is 11.4 Å². The zero-order chi connectivity index (χ0) is 13.9. The SMILES string of the molecule is Cc1cc(Br)cc(S(=O)(=O)NCc2ccccc2)c1. The smallest absolute Gasteiger partial charge is 0.207 e. The Labute approximate surface area is 121 Å². The van der Waals surface area contributed by atoms with Crippen LogP contribution in [-0.2, 0) is 16.6 Å². The summed E-state index contributed by atoms with van der Waals surface area (Å²) in [4.78, 5) is 0.273. The van der Waals surface area contributed by atoms with Gasteiger partial charge in [-0.25, -0.2) is 13.1 Å². The minimum Gasteiger partial charge on any atom is -0.207 e. The standard InChI is InChI=1S/C14H14BrNO2S/c1-11-7-13(15)9-14(8-11)19(17,18)16-10-12-5-3-2-4-6-12/h2-9,16H,10H2,1H3. The molecule has 0 aromatic heterocycles. The minimum absolute atomic E-state index is 0.273. The van der Waals surface area contributed by atoms with E-state index in [0.717, 1.165) is 15.6 Å². The molecule has 2 aromatic carbocycles. The van der Waals surface area contributed by atoms with Gasteiger partial charge in [0, 0.05) is 11.0 Å². The molecule has 5 heteroatoms. The molecule has 0 amide bonds. The van der Waals surface area contributed by atoms with E-state index in [1.165, 1.54) is 0 Å². The van der Waals surface area contributed by atoms with Crippen molar-refractivity contribution in [2.24, 2.45) is 0 Å². The van der Waals surface area contributed by atoms with E-state index in [1.54, 1.807) is 12.1 Å². The summed E-state index contributed by atoms with van der Waals surface area (Å²) in [6.07, 6.45) is 0. The molecule has 0 atom stereocenters. The number of sulfonamides is 1. The number of benzene rings is 2. The predicted molar refractivity (Wildman–Crippen MR) is 79.3 cm³/mol. The highest BCUT2D eigenvalue weighted by molar-refractivity contribution is 9.10. The summed E-state index contributed by atoms with van der Waals surface area (Å²) in [5.74, 6) is 0. The third-order valence-electron chi connectivity index (χ3n) is 2.64. The monoisotopic (exact) mass is 339 g/mol. The Hall–Kier alpha value is -1.17. The number of hydrogen-bond donors (Lipinski definition) is 1. The average Bonchev–Trinajstić information content (AvgIpc) is 2.37. The van der Waals surface area contributed by atoms with Crippen molar-refractivity contribution in [3.8, 4) is 0 Å². The Morgan fingerprint density at radius 2 is 1.79 bits per heavy atom. The van der Waals surface area contributed by atoms with Crippen LogP contribution in [0.1, 0.15) is 11.1 Å². The lowest BCUT2D eigenvalue weighted by Crippen LogP contribution is -2.23. The predicted octanol–water partition coefficient (Wildman–Crippen LogP) is 3.24. The van der Waals surface area contributed by atoms with Gasteiger partial charge in [-0.15, -0.1) is 0 Å². The van der Waals surface area contributed by atoms with Crippen LogP contribution in [0.2, 0.25) is 0 Å². The van der Waals surface area contributed by atoms with Gasteiger partial charge in [0.2, 0.25) is 10.0 Å². The third-order valence-corrected chi connectivity index (χ3v) is 4.47. The van der Waals surface area contributed by atoms with Crippen molar-refractivity contribution >= 4 is 26.0 Å². The molecule has 0 radical (unpaired) electrons. The maximum Gasteiger partial charge on any atom is 0.240 e. The van der Waals surface area contributed by atoms with Crippen LogP contribution in [-0.4, -0.2) is 8.42 Å². The summed E-state index contributed by atoms with van der Waals surface area (Å²) in [5, 5.41) is 0. The fraction of sp³-hybridized carbons (Fsp3) is 0.143. The summed E-state index contributed by atoms with van der Waals surface area (Å²) in [7, 11) is -3.48. The topological polar surface area (TPSA) is 46.2 Å². The first-order chi connectivity index (χ1) is 8.97. The third kappa shape index (κ3) is 3.89. The molecule has 2 aromatic rings. The fourth-order valence-electron chi connectivity index (χ4n) is 1.72. The van der Waals surface area contributed by atoms with Crippen LogP contribution >= 0.6 is 15.9 Å². The highest BCUT2D eigenvalue weighted by Crippen LogP contribution is 2.19. The molecule has 0 unspecified atom stereocenters. The highest BCUT2D eigenvalue weighted by atomic mass is 79.9. The van der Waals surface area contributed by atoms with Gasteiger partial charge in [-0.3, -0.25) is 0 Å². The van der Waals surface area contributed by atoms with Crippen molar-refractivity contribution in [2.45, 2.75) is 18.4 Å². The first kappa shape index (κ1) is 14.2. The van der Waals surface area contributed by atoms with Crippen molar-refractivity contribution in [3.63, 3.8) is 0 Å².